The zero-order chi connectivity index (χ0) is 10.3. The summed E-state index contributed by atoms with van der Waals surface area (Å²) in [4.78, 5) is 0. The molecule has 2 nitrogen and oxygen atoms in total. The Kier molecular flexibility index (Phi) is 1.95. The van der Waals surface area contributed by atoms with E-state index in [1.807, 2.05) is 12.1 Å². The smallest absolute Gasteiger partial charge is 0.0400 e. The van der Waals surface area contributed by atoms with Gasteiger partial charge in [-0.05, 0) is 43.9 Å². The molecule has 0 radical (unpaired) electrons. The summed E-state index contributed by atoms with van der Waals surface area (Å²) in [5.41, 5.74) is 9.38. The van der Waals surface area contributed by atoms with Gasteiger partial charge in [0.15, 0.2) is 0 Å². The number of hydrogen-bond acceptors (Lipinski definition) is 2. The second-order valence-corrected chi connectivity index (χ2v) is 4.96. The van der Waals surface area contributed by atoms with Crippen molar-refractivity contribution in [2.75, 3.05) is 11.1 Å². The maximum absolute atomic E-state index is 5.78. The van der Waals surface area contributed by atoms with E-state index in [9.17, 15) is 0 Å². The van der Waals surface area contributed by atoms with Gasteiger partial charge in [0.1, 0.15) is 0 Å². The van der Waals surface area contributed by atoms with Crippen LogP contribution in [0.2, 0.25) is 0 Å². The van der Waals surface area contributed by atoms with Crippen LogP contribution in [-0.2, 0) is 0 Å². The van der Waals surface area contributed by atoms with E-state index in [0.717, 1.165) is 5.69 Å². The number of rotatable bonds is 0. The Morgan fingerprint density at radius 3 is 2.86 bits per heavy atom. The summed E-state index contributed by atoms with van der Waals surface area (Å²) in [7, 11) is 0. The molecule has 1 aliphatic heterocycles. The lowest BCUT2D eigenvalue weighted by Crippen LogP contribution is -2.36. The molecule has 0 fully saturated rings. The topological polar surface area (TPSA) is 38.0 Å². The highest BCUT2D eigenvalue weighted by Crippen LogP contribution is 2.39. The van der Waals surface area contributed by atoms with Crippen LogP contribution in [0.15, 0.2) is 18.2 Å². The Hall–Kier alpha value is -1.18. The number of nitrogen functional groups attached to an aromatic ring is 1. The van der Waals surface area contributed by atoms with Gasteiger partial charge in [0.25, 0.3) is 0 Å². The number of hydrogen-bond donors (Lipinski definition) is 2. The minimum atomic E-state index is 0.181. The zero-order valence-electron chi connectivity index (χ0n) is 9.09. The molecule has 0 amide bonds. The van der Waals surface area contributed by atoms with Crippen LogP contribution in [0.3, 0.4) is 0 Å². The van der Waals surface area contributed by atoms with Gasteiger partial charge in [-0.2, -0.15) is 0 Å². The van der Waals surface area contributed by atoms with E-state index in [-0.39, 0.29) is 5.54 Å². The average molecular weight is 190 g/mol. The highest BCUT2D eigenvalue weighted by atomic mass is 15.0. The van der Waals surface area contributed by atoms with Crippen LogP contribution in [0.4, 0.5) is 11.4 Å². The standard InChI is InChI=1S/C12H18N2/c1-8-7-12(2,3)14-11-6-9(13)4-5-10(8)11/h4-6,8,14H,7,13H2,1-3H3. The summed E-state index contributed by atoms with van der Waals surface area (Å²) in [6, 6.07) is 6.15. The van der Waals surface area contributed by atoms with E-state index in [0.29, 0.717) is 5.92 Å². The lowest BCUT2D eigenvalue weighted by molar-refractivity contribution is 0.454. The van der Waals surface area contributed by atoms with Gasteiger partial charge in [-0.3, -0.25) is 0 Å². The molecule has 0 saturated carbocycles. The third-order valence-corrected chi connectivity index (χ3v) is 2.90. The van der Waals surface area contributed by atoms with Crippen molar-refractivity contribution < 1.29 is 0 Å². The van der Waals surface area contributed by atoms with Gasteiger partial charge in [-0.1, -0.05) is 13.0 Å². The highest BCUT2D eigenvalue weighted by Gasteiger charge is 2.28. The van der Waals surface area contributed by atoms with Gasteiger partial charge in [-0.25, -0.2) is 0 Å². The van der Waals surface area contributed by atoms with Gasteiger partial charge in [-0.15, -0.1) is 0 Å². The lowest BCUT2D eigenvalue weighted by Gasteiger charge is -2.37. The Labute approximate surface area is 85.5 Å². The predicted molar refractivity (Wildman–Crippen MR) is 61.6 cm³/mol. The van der Waals surface area contributed by atoms with Crippen molar-refractivity contribution in [1.29, 1.82) is 0 Å². The molecule has 1 aromatic rings. The van der Waals surface area contributed by atoms with Crippen LogP contribution in [-0.4, -0.2) is 5.54 Å². The minimum Gasteiger partial charge on any atom is -0.399 e. The van der Waals surface area contributed by atoms with Crippen molar-refractivity contribution in [3.63, 3.8) is 0 Å². The second-order valence-electron chi connectivity index (χ2n) is 4.96. The molecule has 1 atom stereocenters. The number of benzene rings is 1. The summed E-state index contributed by atoms with van der Waals surface area (Å²) in [6.45, 7) is 6.74. The first-order chi connectivity index (χ1) is 6.48. The maximum atomic E-state index is 5.78. The number of nitrogens with two attached hydrogens (primary N) is 1. The van der Waals surface area contributed by atoms with Gasteiger partial charge in [0, 0.05) is 16.9 Å². The minimum absolute atomic E-state index is 0.181. The normalized spacial score (nSPS) is 23.8. The molecule has 0 aromatic heterocycles. The van der Waals surface area contributed by atoms with E-state index in [2.05, 4.69) is 32.2 Å². The van der Waals surface area contributed by atoms with E-state index < -0.39 is 0 Å². The number of anilines is 2. The second kappa shape index (κ2) is 2.91. The first-order valence-corrected chi connectivity index (χ1v) is 5.15. The van der Waals surface area contributed by atoms with E-state index >= 15 is 0 Å². The predicted octanol–water partition coefficient (Wildman–Crippen LogP) is 2.97. The molecule has 0 spiro atoms. The molecule has 2 heteroatoms. The zero-order valence-corrected chi connectivity index (χ0v) is 9.09. The third kappa shape index (κ3) is 1.57. The van der Waals surface area contributed by atoms with Crippen LogP contribution in [0, 0.1) is 0 Å². The first kappa shape index (κ1) is 9.38. The monoisotopic (exact) mass is 190 g/mol. The molecule has 1 unspecified atom stereocenters. The Morgan fingerprint density at radius 2 is 2.14 bits per heavy atom. The van der Waals surface area contributed by atoms with Crippen molar-refractivity contribution in [3.8, 4) is 0 Å². The molecule has 0 bridgehead atoms. The van der Waals surface area contributed by atoms with Crippen molar-refractivity contribution in [2.24, 2.45) is 0 Å². The molecular weight excluding hydrogens is 172 g/mol. The quantitative estimate of drug-likeness (QED) is 0.617. The Balaban J connectivity index is 2.46. The molecule has 0 aliphatic carbocycles. The van der Waals surface area contributed by atoms with Gasteiger partial charge < -0.3 is 11.1 Å². The Bertz CT molecular complexity index is 355. The fourth-order valence-corrected chi connectivity index (χ4v) is 2.40. The fourth-order valence-electron chi connectivity index (χ4n) is 2.40. The van der Waals surface area contributed by atoms with E-state index in [1.165, 1.54) is 17.7 Å². The molecule has 0 saturated heterocycles. The van der Waals surface area contributed by atoms with Crippen molar-refractivity contribution in [2.45, 2.75) is 38.6 Å². The molecular formula is C12H18N2. The molecule has 3 N–H and O–H groups in total. The molecule has 1 aromatic carbocycles. The lowest BCUT2D eigenvalue weighted by atomic mass is 9.82. The summed E-state index contributed by atoms with van der Waals surface area (Å²) in [5, 5.41) is 3.53. The van der Waals surface area contributed by atoms with Crippen LogP contribution >= 0.6 is 0 Å². The van der Waals surface area contributed by atoms with E-state index in [4.69, 9.17) is 5.73 Å². The molecule has 14 heavy (non-hydrogen) atoms. The van der Waals surface area contributed by atoms with E-state index in [1.54, 1.807) is 0 Å². The van der Waals surface area contributed by atoms with Gasteiger partial charge >= 0.3 is 0 Å². The van der Waals surface area contributed by atoms with Crippen LogP contribution < -0.4 is 11.1 Å². The third-order valence-electron chi connectivity index (χ3n) is 2.90. The van der Waals surface area contributed by atoms with Crippen LogP contribution in [0.25, 0.3) is 0 Å². The molecule has 1 heterocycles. The highest BCUT2D eigenvalue weighted by molar-refractivity contribution is 5.63. The summed E-state index contributed by atoms with van der Waals surface area (Å²) in [6.07, 6.45) is 1.17. The van der Waals surface area contributed by atoms with Gasteiger partial charge in [0.2, 0.25) is 0 Å². The van der Waals surface area contributed by atoms with Gasteiger partial charge in [0.05, 0.1) is 0 Å². The SMILES string of the molecule is CC1CC(C)(C)Nc2cc(N)ccc21. The molecule has 2 rings (SSSR count). The number of nitrogens with one attached hydrogen (secondary N) is 1. The van der Waals surface area contributed by atoms with Crippen LogP contribution in [0.1, 0.15) is 38.7 Å². The summed E-state index contributed by atoms with van der Waals surface area (Å²) in [5.74, 6) is 0.613. The number of fused-ring (bicyclic) bond motifs is 1. The average Bonchev–Trinajstić information content (AvgIpc) is 2.00. The summed E-state index contributed by atoms with van der Waals surface area (Å²) >= 11 is 0. The fraction of sp³-hybridized carbons (Fsp3) is 0.500. The Morgan fingerprint density at radius 1 is 1.43 bits per heavy atom. The molecule has 1 aliphatic rings. The molecule has 76 valence electrons. The van der Waals surface area contributed by atoms with Crippen LogP contribution in [0.5, 0.6) is 0 Å². The van der Waals surface area contributed by atoms with Crippen molar-refractivity contribution in [3.05, 3.63) is 23.8 Å². The summed E-state index contributed by atoms with van der Waals surface area (Å²) < 4.78 is 0. The maximum Gasteiger partial charge on any atom is 0.0400 e. The van der Waals surface area contributed by atoms with Crippen molar-refractivity contribution in [1.82, 2.24) is 0 Å². The first-order valence-electron chi connectivity index (χ1n) is 5.15. The van der Waals surface area contributed by atoms with Crippen molar-refractivity contribution >= 4 is 11.4 Å². The largest absolute Gasteiger partial charge is 0.399 e.